The second-order valence-corrected chi connectivity index (χ2v) is 7.42. The van der Waals surface area contributed by atoms with E-state index in [0.29, 0.717) is 41.6 Å². The number of carbonyl (C=O) groups is 2. The number of rotatable bonds is 10. The average molecular weight is 443 g/mol. The quantitative estimate of drug-likeness (QED) is 0.432. The third kappa shape index (κ3) is 6.37. The van der Waals surface area contributed by atoms with Crippen molar-refractivity contribution in [1.29, 1.82) is 0 Å². The number of hydrogen-bond donors (Lipinski definition) is 2. The molecule has 32 heavy (non-hydrogen) atoms. The van der Waals surface area contributed by atoms with Gasteiger partial charge in [-0.3, -0.25) is 20.4 Å². The van der Waals surface area contributed by atoms with Gasteiger partial charge in [0.25, 0.3) is 11.8 Å². The predicted molar refractivity (Wildman–Crippen MR) is 119 cm³/mol. The molecule has 1 atom stereocenters. The van der Waals surface area contributed by atoms with Gasteiger partial charge in [-0.25, -0.2) is 0 Å². The Morgan fingerprint density at radius 3 is 2.59 bits per heavy atom. The maximum absolute atomic E-state index is 12.6. The van der Waals surface area contributed by atoms with E-state index in [-0.39, 0.29) is 6.10 Å². The normalized spacial score (nSPS) is 15.1. The van der Waals surface area contributed by atoms with Crippen LogP contribution in [-0.4, -0.2) is 44.8 Å². The minimum atomic E-state index is -0.479. The topological polar surface area (TPSA) is 95.1 Å². The van der Waals surface area contributed by atoms with E-state index < -0.39 is 11.8 Å². The van der Waals surface area contributed by atoms with Crippen LogP contribution in [0.4, 0.5) is 0 Å². The van der Waals surface area contributed by atoms with Crippen LogP contribution < -0.4 is 25.1 Å². The number of para-hydroxylation sites is 1. The molecule has 2 aromatic carbocycles. The molecule has 1 heterocycles. The molecule has 0 saturated carbocycles. The summed E-state index contributed by atoms with van der Waals surface area (Å²) in [5.74, 6) is 0.499. The van der Waals surface area contributed by atoms with E-state index in [2.05, 4.69) is 17.8 Å². The van der Waals surface area contributed by atoms with Gasteiger partial charge in [-0.15, -0.1) is 0 Å². The van der Waals surface area contributed by atoms with E-state index in [0.717, 1.165) is 32.3 Å². The van der Waals surface area contributed by atoms with Crippen LogP contribution in [-0.2, 0) is 4.74 Å². The van der Waals surface area contributed by atoms with Crippen LogP contribution in [0.3, 0.4) is 0 Å². The van der Waals surface area contributed by atoms with Crippen LogP contribution in [0.25, 0.3) is 0 Å². The summed E-state index contributed by atoms with van der Waals surface area (Å²) in [5, 5.41) is 0. The largest absolute Gasteiger partial charge is 0.493 e. The first-order valence-corrected chi connectivity index (χ1v) is 10.9. The van der Waals surface area contributed by atoms with Gasteiger partial charge in [0.15, 0.2) is 11.5 Å². The molecule has 0 aliphatic carbocycles. The molecule has 3 rings (SSSR count). The zero-order valence-electron chi connectivity index (χ0n) is 18.5. The van der Waals surface area contributed by atoms with Crippen LogP contribution in [0, 0.1) is 0 Å². The molecule has 172 valence electrons. The van der Waals surface area contributed by atoms with Crippen LogP contribution in [0.5, 0.6) is 17.2 Å². The Bertz CT molecular complexity index is 911. The maximum atomic E-state index is 12.6. The smallest absolute Gasteiger partial charge is 0.273 e. The zero-order chi connectivity index (χ0) is 22.8. The van der Waals surface area contributed by atoms with Crippen LogP contribution in [0.15, 0.2) is 42.5 Å². The summed E-state index contributed by atoms with van der Waals surface area (Å²) in [7, 11) is 1.51. The molecule has 2 amide bonds. The Balaban J connectivity index is 1.58. The molecule has 1 unspecified atom stereocenters. The molecule has 2 aromatic rings. The number of amides is 2. The highest BCUT2D eigenvalue weighted by molar-refractivity contribution is 6.00. The standard InChI is InChI=1S/C24H30N2O6/c1-3-4-13-31-21-12-11-17(15-22(21)29-2)23(27)25-26-24(28)19-9-5-6-10-20(19)32-16-18-8-7-14-30-18/h5-6,9-12,15,18H,3-4,7-8,13-14,16H2,1-2H3,(H,25,27)(H,26,28). The van der Waals surface area contributed by atoms with Crippen LogP contribution >= 0.6 is 0 Å². The van der Waals surface area contributed by atoms with E-state index in [1.54, 1.807) is 42.5 Å². The maximum Gasteiger partial charge on any atom is 0.273 e. The molecular formula is C24H30N2O6. The molecule has 2 N–H and O–H groups in total. The van der Waals surface area contributed by atoms with Crippen molar-refractivity contribution in [1.82, 2.24) is 10.9 Å². The van der Waals surface area contributed by atoms with Crippen molar-refractivity contribution in [2.45, 2.75) is 38.7 Å². The molecule has 1 aliphatic rings. The first-order chi connectivity index (χ1) is 15.6. The summed E-state index contributed by atoms with van der Waals surface area (Å²) in [6.07, 6.45) is 3.94. The van der Waals surface area contributed by atoms with E-state index in [4.69, 9.17) is 18.9 Å². The third-order valence-corrected chi connectivity index (χ3v) is 5.05. The van der Waals surface area contributed by atoms with Crippen molar-refractivity contribution < 1.29 is 28.5 Å². The van der Waals surface area contributed by atoms with E-state index in [1.165, 1.54) is 7.11 Å². The molecule has 0 bridgehead atoms. The highest BCUT2D eigenvalue weighted by Crippen LogP contribution is 2.28. The average Bonchev–Trinajstić information content (AvgIpc) is 3.35. The summed E-state index contributed by atoms with van der Waals surface area (Å²) in [5.41, 5.74) is 5.52. The molecule has 0 aromatic heterocycles. The van der Waals surface area contributed by atoms with Crippen LogP contribution in [0.2, 0.25) is 0 Å². The van der Waals surface area contributed by atoms with E-state index >= 15 is 0 Å². The lowest BCUT2D eigenvalue weighted by molar-refractivity contribution is 0.0669. The fourth-order valence-corrected chi connectivity index (χ4v) is 3.25. The second kappa shape index (κ2) is 12.0. The van der Waals surface area contributed by atoms with Gasteiger partial charge in [0.1, 0.15) is 12.4 Å². The highest BCUT2D eigenvalue weighted by atomic mass is 16.5. The number of ether oxygens (including phenoxy) is 4. The lowest BCUT2D eigenvalue weighted by atomic mass is 10.2. The third-order valence-electron chi connectivity index (χ3n) is 5.05. The number of unbranched alkanes of at least 4 members (excludes halogenated alkanes) is 1. The Morgan fingerprint density at radius 2 is 1.84 bits per heavy atom. The molecule has 0 spiro atoms. The Labute approximate surface area is 188 Å². The van der Waals surface area contributed by atoms with Gasteiger partial charge >= 0.3 is 0 Å². The van der Waals surface area contributed by atoms with Gasteiger partial charge in [-0.1, -0.05) is 25.5 Å². The van der Waals surface area contributed by atoms with Crippen molar-refractivity contribution in [3.8, 4) is 17.2 Å². The number of carbonyl (C=O) groups excluding carboxylic acids is 2. The van der Waals surface area contributed by atoms with Gasteiger partial charge in [-0.05, 0) is 49.6 Å². The SMILES string of the molecule is CCCCOc1ccc(C(=O)NNC(=O)c2ccccc2OCC2CCCO2)cc1OC. The zero-order valence-corrected chi connectivity index (χ0v) is 18.5. The van der Waals surface area contributed by atoms with Crippen molar-refractivity contribution in [3.05, 3.63) is 53.6 Å². The first-order valence-electron chi connectivity index (χ1n) is 10.9. The molecule has 1 saturated heterocycles. The van der Waals surface area contributed by atoms with Crippen molar-refractivity contribution >= 4 is 11.8 Å². The highest BCUT2D eigenvalue weighted by Gasteiger charge is 2.19. The summed E-state index contributed by atoms with van der Waals surface area (Å²) >= 11 is 0. The Kier molecular flexibility index (Phi) is 8.74. The molecule has 0 radical (unpaired) electrons. The minimum absolute atomic E-state index is 0.0368. The van der Waals surface area contributed by atoms with Crippen LogP contribution in [0.1, 0.15) is 53.3 Å². The lowest BCUT2D eigenvalue weighted by Crippen LogP contribution is -2.41. The summed E-state index contributed by atoms with van der Waals surface area (Å²) in [6, 6.07) is 11.7. The fourth-order valence-electron chi connectivity index (χ4n) is 3.25. The Morgan fingerprint density at radius 1 is 1.03 bits per heavy atom. The summed E-state index contributed by atoms with van der Waals surface area (Å²) in [6.45, 7) is 3.77. The van der Waals surface area contributed by atoms with Gasteiger partial charge in [-0.2, -0.15) is 0 Å². The van der Waals surface area contributed by atoms with Gasteiger partial charge < -0.3 is 18.9 Å². The summed E-state index contributed by atoms with van der Waals surface area (Å²) < 4.78 is 22.4. The van der Waals surface area contributed by atoms with Gasteiger partial charge in [0.05, 0.1) is 25.4 Å². The first kappa shape index (κ1) is 23.4. The Hall–Kier alpha value is -3.26. The number of hydrazine groups is 1. The van der Waals surface area contributed by atoms with Crippen molar-refractivity contribution in [3.63, 3.8) is 0 Å². The summed E-state index contributed by atoms with van der Waals surface area (Å²) in [4.78, 5) is 25.2. The molecular weight excluding hydrogens is 412 g/mol. The number of hydrogen-bond acceptors (Lipinski definition) is 6. The number of methoxy groups -OCH3 is 1. The van der Waals surface area contributed by atoms with E-state index in [1.807, 2.05) is 0 Å². The number of benzene rings is 2. The lowest BCUT2D eigenvalue weighted by Gasteiger charge is -2.15. The molecule has 8 heteroatoms. The predicted octanol–water partition coefficient (Wildman–Crippen LogP) is 3.51. The van der Waals surface area contributed by atoms with Crippen molar-refractivity contribution in [2.24, 2.45) is 0 Å². The molecule has 1 fully saturated rings. The molecule has 8 nitrogen and oxygen atoms in total. The van der Waals surface area contributed by atoms with E-state index in [9.17, 15) is 9.59 Å². The fraction of sp³-hybridized carbons (Fsp3) is 0.417. The van der Waals surface area contributed by atoms with Crippen molar-refractivity contribution in [2.75, 3.05) is 26.9 Å². The monoisotopic (exact) mass is 442 g/mol. The van der Waals surface area contributed by atoms with Gasteiger partial charge in [0.2, 0.25) is 0 Å². The number of nitrogens with one attached hydrogen (secondary N) is 2. The minimum Gasteiger partial charge on any atom is -0.493 e. The molecule has 1 aliphatic heterocycles. The second-order valence-electron chi connectivity index (χ2n) is 7.42. The van der Waals surface area contributed by atoms with Gasteiger partial charge in [0, 0.05) is 12.2 Å².